The third-order valence-corrected chi connectivity index (χ3v) is 6.48. The largest absolute Gasteiger partial charge is 0.374 e. The van der Waals surface area contributed by atoms with Crippen LogP contribution < -0.4 is 20.9 Å². The van der Waals surface area contributed by atoms with Crippen LogP contribution in [-0.2, 0) is 20.7 Å². The van der Waals surface area contributed by atoms with Crippen LogP contribution in [0.25, 0.3) is 11.0 Å². The lowest BCUT2D eigenvalue weighted by Gasteiger charge is -2.54. The average Bonchev–Trinajstić information content (AvgIpc) is 3.15. The van der Waals surface area contributed by atoms with Crippen molar-refractivity contribution in [1.82, 2.24) is 21.1 Å². The van der Waals surface area contributed by atoms with Crippen molar-refractivity contribution < 1.29 is 32.8 Å². The molecule has 5 amide bonds. The van der Waals surface area contributed by atoms with E-state index < -0.39 is 52.7 Å². The second-order valence-electron chi connectivity index (χ2n) is 9.91. The third kappa shape index (κ3) is 3.08. The van der Waals surface area contributed by atoms with Crippen molar-refractivity contribution in [1.29, 1.82) is 0 Å². The highest BCUT2D eigenvalue weighted by Crippen LogP contribution is 2.48. The van der Waals surface area contributed by atoms with Gasteiger partial charge < -0.3 is 19.5 Å². The molecule has 0 bridgehead atoms. The minimum atomic E-state index is -1.74. The SMILES string of the molecule is C[C@@H]1OCCN2c3c(cc4c(C(=O)NC(C)(C)C)noc4c3F)CC3(C(=O)NC(=O)NC3=O)[C@@H]12. The molecule has 1 aromatic heterocycles. The van der Waals surface area contributed by atoms with Gasteiger partial charge in [0, 0.05) is 18.5 Å². The van der Waals surface area contributed by atoms with Gasteiger partial charge >= 0.3 is 6.03 Å². The highest BCUT2D eigenvalue weighted by atomic mass is 19.1. The molecule has 180 valence electrons. The van der Waals surface area contributed by atoms with Crippen molar-refractivity contribution in [3.8, 4) is 0 Å². The van der Waals surface area contributed by atoms with Crippen LogP contribution in [-0.4, -0.2) is 59.7 Å². The van der Waals surface area contributed by atoms with E-state index >= 15 is 4.39 Å². The molecule has 12 heteroatoms. The molecule has 3 aliphatic heterocycles. The van der Waals surface area contributed by atoms with Crippen LogP contribution in [0.1, 0.15) is 43.7 Å². The summed E-state index contributed by atoms with van der Waals surface area (Å²) in [5.41, 5.74) is -2.13. The number of nitrogens with one attached hydrogen (secondary N) is 3. The fourth-order valence-electron chi connectivity index (χ4n) is 5.23. The van der Waals surface area contributed by atoms with E-state index in [0.29, 0.717) is 5.56 Å². The molecule has 5 rings (SSSR count). The van der Waals surface area contributed by atoms with Gasteiger partial charge in [0.2, 0.25) is 17.4 Å². The van der Waals surface area contributed by atoms with Crippen molar-refractivity contribution in [2.45, 2.75) is 51.8 Å². The molecule has 2 atom stereocenters. The molecule has 34 heavy (non-hydrogen) atoms. The van der Waals surface area contributed by atoms with Crippen LogP contribution in [0, 0.1) is 11.2 Å². The average molecular weight is 473 g/mol. The number of ether oxygens (including phenoxy) is 1. The first-order valence-electron chi connectivity index (χ1n) is 10.9. The molecule has 0 saturated carbocycles. The summed E-state index contributed by atoms with van der Waals surface area (Å²) in [7, 11) is 0. The number of barbiturate groups is 1. The number of nitrogens with zero attached hydrogens (tertiary/aromatic N) is 2. The number of benzene rings is 1. The predicted molar refractivity (Wildman–Crippen MR) is 116 cm³/mol. The normalized spacial score (nSPS) is 23.9. The zero-order valence-electron chi connectivity index (χ0n) is 19.1. The number of carbonyl (C=O) groups is 4. The van der Waals surface area contributed by atoms with Crippen molar-refractivity contribution in [3.05, 3.63) is 23.1 Å². The molecule has 11 nitrogen and oxygen atoms in total. The number of aromatic nitrogens is 1. The molecule has 4 heterocycles. The number of urea groups is 1. The summed E-state index contributed by atoms with van der Waals surface area (Å²) in [5.74, 6) is -2.85. The fraction of sp³-hybridized carbons (Fsp3) is 0.500. The van der Waals surface area contributed by atoms with Crippen LogP contribution in [0.4, 0.5) is 14.9 Å². The number of amides is 5. The Balaban J connectivity index is 1.71. The zero-order chi connectivity index (χ0) is 24.6. The van der Waals surface area contributed by atoms with Gasteiger partial charge in [-0.15, -0.1) is 0 Å². The van der Waals surface area contributed by atoms with Crippen molar-refractivity contribution in [3.63, 3.8) is 0 Å². The maximum absolute atomic E-state index is 15.9. The summed E-state index contributed by atoms with van der Waals surface area (Å²) < 4.78 is 26.8. The van der Waals surface area contributed by atoms with E-state index in [0.717, 1.165) is 0 Å². The van der Waals surface area contributed by atoms with Gasteiger partial charge in [-0.05, 0) is 39.3 Å². The Kier molecular flexibility index (Phi) is 4.73. The number of anilines is 1. The zero-order valence-corrected chi connectivity index (χ0v) is 19.1. The first-order chi connectivity index (χ1) is 15.9. The molecule has 0 radical (unpaired) electrons. The quantitative estimate of drug-likeness (QED) is 0.521. The second-order valence-corrected chi connectivity index (χ2v) is 9.91. The summed E-state index contributed by atoms with van der Waals surface area (Å²) >= 11 is 0. The van der Waals surface area contributed by atoms with Gasteiger partial charge in [-0.3, -0.25) is 25.0 Å². The number of imide groups is 2. The summed E-state index contributed by atoms with van der Waals surface area (Å²) in [6, 6.07) is -0.263. The highest BCUT2D eigenvalue weighted by molar-refractivity contribution is 6.20. The maximum atomic E-state index is 15.9. The number of rotatable bonds is 1. The molecule has 2 aromatic rings. The summed E-state index contributed by atoms with van der Waals surface area (Å²) in [6.45, 7) is 7.51. The molecule has 3 N–H and O–H groups in total. The van der Waals surface area contributed by atoms with Crippen molar-refractivity contribution >= 4 is 40.4 Å². The Morgan fingerprint density at radius 1 is 1.26 bits per heavy atom. The lowest BCUT2D eigenvalue weighted by atomic mass is 9.66. The van der Waals surface area contributed by atoms with Gasteiger partial charge in [-0.25, -0.2) is 9.18 Å². The lowest BCUT2D eigenvalue weighted by Crippen LogP contribution is -2.74. The van der Waals surface area contributed by atoms with Gasteiger partial charge in [0.15, 0.2) is 16.9 Å². The number of hydrogen-bond donors (Lipinski definition) is 3. The smallest absolute Gasteiger partial charge is 0.328 e. The molecule has 0 aliphatic carbocycles. The molecular weight excluding hydrogens is 449 g/mol. The number of fused-ring (bicyclic) bond motifs is 5. The Hall–Kier alpha value is -3.54. The Morgan fingerprint density at radius 2 is 1.94 bits per heavy atom. The molecule has 0 unspecified atom stereocenters. The minimum absolute atomic E-state index is 0.106. The van der Waals surface area contributed by atoms with Gasteiger partial charge in [-0.2, -0.15) is 0 Å². The number of morpholine rings is 1. The van der Waals surface area contributed by atoms with Crippen LogP contribution in [0.3, 0.4) is 0 Å². The number of halogens is 1. The van der Waals surface area contributed by atoms with Crippen molar-refractivity contribution in [2.75, 3.05) is 18.1 Å². The van der Waals surface area contributed by atoms with E-state index in [1.165, 1.54) is 6.07 Å². The van der Waals surface area contributed by atoms with Crippen LogP contribution in [0.2, 0.25) is 0 Å². The van der Waals surface area contributed by atoms with E-state index in [1.807, 2.05) is 0 Å². The topological polar surface area (TPSA) is 143 Å². The van der Waals surface area contributed by atoms with Crippen LogP contribution >= 0.6 is 0 Å². The monoisotopic (exact) mass is 473 g/mol. The number of carbonyl (C=O) groups excluding carboxylic acids is 4. The van der Waals surface area contributed by atoms with E-state index in [2.05, 4.69) is 21.1 Å². The van der Waals surface area contributed by atoms with E-state index in [1.54, 1.807) is 32.6 Å². The van der Waals surface area contributed by atoms with Gasteiger partial charge in [-0.1, -0.05) is 5.16 Å². The first-order valence-corrected chi connectivity index (χ1v) is 10.9. The fourth-order valence-corrected chi connectivity index (χ4v) is 5.23. The minimum Gasteiger partial charge on any atom is -0.374 e. The van der Waals surface area contributed by atoms with Gasteiger partial charge in [0.25, 0.3) is 5.91 Å². The molecule has 2 saturated heterocycles. The second kappa shape index (κ2) is 7.23. The lowest BCUT2D eigenvalue weighted by molar-refractivity contribution is -0.151. The Bertz CT molecular complexity index is 1240. The van der Waals surface area contributed by atoms with E-state index in [4.69, 9.17) is 9.26 Å². The standard InChI is InChI=1S/C22H24FN5O6/c1-9-16-22(18(30)24-20(32)25-19(22)31)8-10-7-11-13(17(29)26-21(2,3)4)27-34-15(11)12(23)14(10)28(16)5-6-33-9/h7,9,16H,5-6,8H2,1-4H3,(H,26,29)(H2,24,25,30,31,32)/t9-,16+/m0/s1. The Labute approximate surface area is 193 Å². The molecule has 2 fully saturated rings. The van der Waals surface area contributed by atoms with Crippen LogP contribution in [0.5, 0.6) is 0 Å². The van der Waals surface area contributed by atoms with Gasteiger partial charge in [0.05, 0.1) is 29.8 Å². The van der Waals surface area contributed by atoms with E-state index in [9.17, 15) is 19.2 Å². The van der Waals surface area contributed by atoms with Crippen molar-refractivity contribution in [2.24, 2.45) is 5.41 Å². The molecular formula is C22H24FN5O6. The summed E-state index contributed by atoms with van der Waals surface area (Å²) in [6.07, 6.45) is -0.829. The highest BCUT2D eigenvalue weighted by Gasteiger charge is 2.62. The number of hydrogen-bond acceptors (Lipinski definition) is 8. The maximum Gasteiger partial charge on any atom is 0.328 e. The third-order valence-electron chi connectivity index (χ3n) is 6.48. The Morgan fingerprint density at radius 3 is 2.59 bits per heavy atom. The van der Waals surface area contributed by atoms with Crippen LogP contribution in [0.15, 0.2) is 10.6 Å². The summed E-state index contributed by atoms with van der Waals surface area (Å²) in [4.78, 5) is 52.5. The summed E-state index contributed by atoms with van der Waals surface area (Å²) in [5, 5.41) is 11.0. The van der Waals surface area contributed by atoms with Gasteiger partial charge in [0.1, 0.15) is 0 Å². The predicted octanol–water partition coefficient (Wildman–Crippen LogP) is 0.997. The first kappa shape index (κ1) is 22.3. The van der Waals surface area contributed by atoms with E-state index in [-0.39, 0.29) is 41.9 Å². The molecule has 3 aliphatic rings. The molecule has 1 spiro atoms. The molecule has 1 aromatic carbocycles.